The van der Waals surface area contributed by atoms with Crippen LogP contribution in [-0.2, 0) is 0 Å². The summed E-state index contributed by atoms with van der Waals surface area (Å²) in [6.07, 6.45) is 14.1. The molecular formula is C60H40N6O4. The lowest BCUT2D eigenvalue weighted by molar-refractivity contribution is 0.485. The van der Waals surface area contributed by atoms with Crippen LogP contribution in [0.15, 0.2) is 216 Å². The van der Waals surface area contributed by atoms with E-state index in [0.717, 1.165) is 99.8 Å². The summed E-state index contributed by atoms with van der Waals surface area (Å²) in [5.41, 5.74) is 13.0. The predicted molar refractivity (Wildman–Crippen MR) is 275 cm³/mol. The fourth-order valence-corrected chi connectivity index (χ4v) is 9.53. The van der Waals surface area contributed by atoms with Gasteiger partial charge in [0.15, 0.2) is 0 Å². The molecule has 0 fully saturated rings. The van der Waals surface area contributed by atoms with Gasteiger partial charge in [0.05, 0.1) is 70.9 Å². The SMILES string of the molecule is Cc1ccnc(-n2c3ccccc3c3ccc(Oc4cc(-c5cnc(-c6ccc(-c7ccoc7)c(Oc7ccc8c9ccccc9n(-c9cc(C)ccn9)c8c7)c6)cn5)ccc4-c4ccoc4)cc32)c1. The van der Waals surface area contributed by atoms with E-state index >= 15 is 0 Å². The first-order valence-corrected chi connectivity index (χ1v) is 22.9. The zero-order chi connectivity index (χ0) is 46.7. The number of nitrogens with zero attached hydrogens (tertiary/aromatic N) is 6. The molecule has 0 spiro atoms. The monoisotopic (exact) mass is 908 g/mol. The van der Waals surface area contributed by atoms with Crippen LogP contribution in [0.1, 0.15) is 11.1 Å². The van der Waals surface area contributed by atoms with Crippen LogP contribution < -0.4 is 9.47 Å². The first-order chi connectivity index (χ1) is 34.5. The number of aryl methyl sites for hydroxylation is 2. The van der Waals surface area contributed by atoms with Crippen LogP contribution >= 0.6 is 0 Å². The maximum atomic E-state index is 6.84. The van der Waals surface area contributed by atoms with Crippen molar-refractivity contribution in [2.24, 2.45) is 0 Å². The molecule has 0 saturated carbocycles. The molecule has 7 heterocycles. The minimum Gasteiger partial charge on any atom is -0.472 e. The fourth-order valence-electron chi connectivity index (χ4n) is 9.53. The maximum absolute atomic E-state index is 6.84. The van der Waals surface area contributed by atoms with Gasteiger partial charge in [-0.05, 0) is 122 Å². The minimum atomic E-state index is 0.644. The molecule has 0 aliphatic heterocycles. The van der Waals surface area contributed by atoms with E-state index in [2.05, 4.69) is 108 Å². The molecule has 0 saturated heterocycles. The number of ether oxygens (including phenoxy) is 2. The van der Waals surface area contributed by atoms with Crippen LogP contribution in [0.2, 0.25) is 0 Å². The van der Waals surface area contributed by atoms with Crippen LogP contribution in [0.25, 0.3) is 100 Å². The zero-order valence-electron chi connectivity index (χ0n) is 37.9. The first-order valence-electron chi connectivity index (χ1n) is 22.9. The molecule has 7 aromatic heterocycles. The van der Waals surface area contributed by atoms with Crippen molar-refractivity contribution in [1.82, 2.24) is 29.1 Å². The quantitative estimate of drug-likeness (QED) is 0.134. The Morgan fingerprint density at radius 3 is 1.29 bits per heavy atom. The van der Waals surface area contributed by atoms with Gasteiger partial charge >= 0.3 is 0 Å². The Hall–Kier alpha value is -9.54. The summed E-state index contributed by atoms with van der Waals surface area (Å²) in [4.78, 5) is 19.4. The summed E-state index contributed by atoms with van der Waals surface area (Å²) in [6.45, 7) is 4.16. The third kappa shape index (κ3) is 7.14. The lowest BCUT2D eigenvalue weighted by atomic mass is 10.0. The highest BCUT2D eigenvalue weighted by Gasteiger charge is 2.19. The second-order valence-electron chi connectivity index (χ2n) is 17.4. The number of aromatic nitrogens is 6. The van der Waals surface area contributed by atoms with Gasteiger partial charge in [0, 0.05) is 79.5 Å². The summed E-state index contributed by atoms with van der Waals surface area (Å²) < 4.78 is 29.1. The van der Waals surface area contributed by atoms with Crippen molar-refractivity contribution in [3.05, 3.63) is 219 Å². The van der Waals surface area contributed by atoms with E-state index in [1.165, 1.54) is 0 Å². The molecule has 0 N–H and O–H groups in total. The third-order valence-corrected chi connectivity index (χ3v) is 12.9. The Bertz CT molecular complexity index is 3830. The van der Waals surface area contributed by atoms with Crippen molar-refractivity contribution in [1.29, 1.82) is 0 Å². The Kier molecular flexibility index (Phi) is 9.69. The van der Waals surface area contributed by atoms with Gasteiger partial charge in [-0.15, -0.1) is 0 Å². The van der Waals surface area contributed by atoms with Crippen LogP contribution in [0.5, 0.6) is 23.0 Å². The highest BCUT2D eigenvalue weighted by Crippen LogP contribution is 2.42. The molecule has 0 bridgehead atoms. The number of hydrogen-bond acceptors (Lipinski definition) is 8. The second-order valence-corrected chi connectivity index (χ2v) is 17.4. The van der Waals surface area contributed by atoms with Gasteiger partial charge in [0.2, 0.25) is 0 Å². The van der Waals surface area contributed by atoms with E-state index in [0.29, 0.717) is 34.4 Å². The highest BCUT2D eigenvalue weighted by atomic mass is 16.5. The van der Waals surface area contributed by atoms with Crippen LogP contribution in [-0.4, -0.2) is 29.1 Å². The molecule has 0 aliphatic carbocycles. The van der Waals surface area contributed by atoms with E-state index in [1.807, 2.05) is 85.2 Å². The van der Waals surface area contributed by atoms with Gasteiger partial charge in [-0.2, -0.15) is 0 Å². The van der Waals surface area contributed by atoms with Crippen LogP contribution in [0, 0.1) is 13.8 Å². The van der Waals surface area contributed by atoms with Gasteiger partial charge in [0.1, 0.15) is 34.6 Å². The summed E-state index contributed by atoms with van der Waals surface area (Å²) in [5, 5.41) is 4.50. The smallest absolute Gasteiger partial charge is 0.137 e. The average Bonchev–Trinajstić information content (AvgIpc) is 4.23. The zero-order valence-corrected chi connectivity index (χ0v) is 37.9. The maximum Gasteiger partial charge on any atom is 0.137 e. The first kappa shape index (κ1) is 40.7. The molecule has 0 atom stereocenters. The normalized spacial score (nSPS) is 11.6. The lowest BCUT2D eigenvalue weighted by Crippen LogP contribution is -1.98. The average molecular weight is 909 g/mol. The van der Waals surface area contributed by atoms with E-state index < -0.39 is 0 Å². The molecular weight excluding hydrogens is 869 g/mol. The van der Waals surface area contributed by atoms with Crippen molar-refractivity contribution in [3.63, 3.8) is 0 Å². The molecule has 13 aromatic rings. The standard InChI is InChI=1S/C60H40N6O4/c1-37-19-23-61-59(27-37)65-53-9-5-3-7-47(53)49-17-13-43(31-55(49)65)69-57-29-39(11-15-45(57)41-21-25-67-35-41)51-33-64-52(34-63-51)40-12-16-46(42-22-26-68-36-42)58(30-40)70-44-14-18-50-48-8-4-6-10-54(48)66(56(50)32-44)60-28-38(2)20-24-62-60/h3-36H,1-2H3. The van der Waals surface area contributed by atoms with Crippen molar-refractivity contribution in [2.75, 3.05) is 0 Å². The molecule has 70 heavy (non-hydrogen) atoms. The molecule has 0 radical (unpaired) electrons. The Morgan fingerprint density at radius 2 is 0.857 bits per heavy atom. The van der Waals surface area contributed by atoms with Gasteiger partial charge < -0.3 is 18.3 Å². The van der Waals surface area contributed by atoms with Gasteiger partial charge in [0.25, 0.3) is 0 Å². The number of pyridine rings is 2. The molecule has 334 valence electrons. The van der Waals surface area contributed by atoms with Crippen molar-refractivity contribution >= 4 is 43.6 Å². The topological polar surface area (TPSA) is 106 Å². The molecule has 10 nitrogen and oxygen atoms in total. The van der Waals surface area contributed by atoms with Crippen molar-refractivity contribution < 1.29 is 18.3 Å². The van der Waals surface area contributed by atoms with E-state index in [9.17, 15) is 0 Å². The number of fused-ring (bicyclic) bond motifs is 6. The largest absolute Gasteiger partial charge is 0.472 e. The van der Waals surface area contributed by atoms with Crippen molar-refractivity contribution in [3.8, 4) is 79.4 Å². The van der Waals surface area contributed by atoms with Crippen LogP contribution in [0.4, 0.5) is 0 Å². The molecule has 10 heteroatoms. The number of benzene rings is 6. The molecule has 0 unspecified atom stereocenters. The Balaban J connectivity index is 0.846. The summed E-state index contributed by atoms with van der Waals surface area (Å²) in [6, 6.07) is 53.4. The second kappa shape index (κ2) is 16.7. The van der Waals surface area contributed by atoms with Crippen molar-refractivity contribution in [2.45, 2.75) is 13.8 Å². The van der Waals surface area contributed by atoms with E-state index in [1.54, 1.807) is 37.4 Å². The molecule has 6 aromatic carbocycles. The van der Waals surface area contributed by atoms with Gasteiger partial charge in [-0.25, -0.2) is 9.97 Å². The summed E-state index contributed by atoms with van der Waals surface area (Å²) in [5.74, 6) is 4.33. The highest BCUT2D eigenvalue weighted by molar-refractivity contribution is 6.10. The molecule has 13 rings (SSSR count). The van der Waals surface area contributed by atoms with Gasteiger partial charge in [-0.1, -0.05) is 48.5 Å². The Labute approximate surface area is 401 Å². The van der Waals surface area contributed by atoms with Gasteiger partial charge in [-0.3, -0.25) is 19.1 Å². The minimum absolute atomic E-state index is 0.644. The summed E-state index contributed by atoms with van der Waals surface area (Å²) >= 11 is 0. The molecule has 0 aliphatic rings. The Morgan fingerprint density at radius 1 is 0.400 bits per heavy atom. The summed E-state index contributed by atoms with van der Waals surface area (Å²) in [7, 11) is 0. The molecule has 0 amide bonds. The number of rotatable bonds is 10. The number of hydrogen-bond donors (Lipinski definition) is 0. The number of furan rings is 2. The lowest BCUT2D eigenvalue weighted by Gasteiger charge is -2.14. The third-order valence-electron chi connectivity index (χ3n) is 12.9. The van der Waals surface area contributed by atoms with E-state index in [4.69, 9.17) is 38.2 Å². The fraction of sp³-hybridized carbons (Fsp3) is 0.0333. The predicted octanol–water partition coefficient (Wildman–Crippen LogP) is 15.5. The van der Waals surface area contributed by atoms with Crippen LogP contribution in [0.3, 0.4) is 0 Å². The van der Waals surface area contributed by atoms with E-state index in [-0.39, 0.29) is 0 Å². The number of para-hydroxylation sites is 2.